The van der Waals surface area contributed by atoms with E-state index in [9.17, 15) is 8.42 Å². The Bertz CT molecular complexity index is 712. The van der Waals surface area contributed by atoms with Gasteiger partial charge in [0, 0.05) is 19.8 Å². The van der Waals surface area contributed by atoms with Crippen LogP contribution in [0.4, 0.5) is 11.5 Å². The third-order valence-electron chi connectivity index (χ3n) is 3.12. The minimum absolute atomic E-state index is 0.174. The van der Waals surface area contributed by atoms with Crippen LogP contribution in [-0.4, -0.2) is 27.0 Å². The SMILES string of the molecule is CCNc1ccc(S(=O)(=O)N(C)c2cccc(C)c2)cn1. The summed E-state index contributed by atoms with van der Waals surface area (Å²) in [6.07, 6.45) is 1.37. The third kappa shape index (κ3) is 3.33. The maximum Gasteiger partial charge on any atom is 0.265 e. The van der Waals surface area contributed by atoms with Gasteiger partial charge in [0.05, 0.1) is 5.69 Å². The molecule has 0 saturated heterocycles. The lowest BCUT2D eigenvalue weighted by Gasteiger charge is -2.19. The molecule has 1 heterocycles. The molecule has 112 valence electrons. The highest BCUT2D eigenvalue weighted by Crippen LogP contribution is 2.22. The second-order valence-electron chi connectivity index (χ2n) is 4.72. The Labute approximate surface area is 125 Å². The number of hydrogen-bond acceptors (Lipinski definition) is 4. The van der Waals surface area contributed by atoms with Gasteiger partial charge in [-0.25, -0.2) is 13.4 Å². The van der Waals surface area contributed by atoms with Crippen LogP contribution in [0.1, 0.15) is 12.5 Å². The van der Waals surface area contributed by atoms with E-state index in [4.69, 9.17) is 0 Å². The van der Waals surface area contributed by atoms with Crippen molar-refractivity contribution in [3.8, 4) is 0 Å². The number of benzene rings is 1. The molecule has 0 unspecified atom stereocenters. The number of pyridine rings is 1. The molecule has 1 N–H and O–H groups in total. The maximum atomic E-state index is 12.6. The summed E-state index contributed by atoms with van der Waals surface area (Å²) < 4.78 is 26.4. The van der Waals surface area contributed by atoms with Crippen LogP contribution in [0.3, 0.4) is 0 Å². The van der Waals surface area contributed by atoms with Crippen molar-refractivity contribution in [1.29, 1.82) is 0 Å². The first-order valence-corrected chi connectivity index (χ1v) is 8.14. The number of rotatable bonds is 5. The summed E-state index contributed by atoms with van der Waals surface area (Å²) in [5, 5.41) is 3.04. The molecule has 21 heavy (non-hydrogen) atoms. The van der Waals surface area contributed by atoms with E-state index in [1.807, 2.05) is 32.0 Å². The highest BCUT2D eigenvalue weighted by atomic mass is 32.2. The Kier molecular flexibility index (Phi) is 4.47. The van der Waals surface area contributed by atoms with E-state index in [2.05, 4.69) is 10.3 Å². The van der Waals surface area contributed by atoms with Crippen molar-refractivity contribution in [3.05, 3.63) is 48.2 Å². The average Bonchev–Trinajstić information content (AvgIpc) is 2.47. The van der Waals surface area contributed by atoms with Gasteiger partial charge in [-0.05, 0) is 43.7 Å². The fraction of sp³-hybridized carbons (Fsp3) is 0.267. The minimum Gasteiger partial charge on any atom is -0.370 e. The predicted octanol–water partition coefficient (Wildman–Crippen LogP) is 2.65. The summed E-state index contributed by atoms with van der Waals surface area (Å²) in [4.78, 5) is 4.29. The van der Waals surface area contributed by atoms with Crippen LogP contribution in [0.5, 0.6) is 0 Å². The normalized spacial score (nSPS) is 11.2. The van der Waals surface area contributed by atoms with E-state index in [1.165, 1.54) is 10.5 Å². The number of aromatic nitrogens is 1. The van der Waals surface area contributed by atoms with Crippen LogP contribution in [0.15, 0.2) is 47.5 Å². The zero-order chi connectivity index (χ0) is 15.5. The first-order valence-electron chi connectivity index (χ1n) is 6.70. The molecule has 6 heteroatoms. The minimum atomic E-state index is -3.60. The first-order chi connectivity index (χ1) is 9.95. The van der Waals surface area contributed by atoms with Crippen molar-refractivity contribution in [3.63, 3.8) is 0 Å². The fourth-order valence-corrected chi connectivity index (χ4v) is 3.07. The predicted molar refractivity (Wildman–Crippen MR) is 85.2 cm³/mol. The lowest BCUT2D eigenvalue weighted by molar-refractivity contribution is 0.594. The maximum absolute atomic E-state index is 12.6. The van der Waals surface area contributed by atoms with Gasteiger partial charge in [0.2, 0.25) is 0 Å². The van der Waals surface area contributed by atoms with Gasteiger partial charge in [0.25, 0.3) is 10.0 Å². The Morgan fingerprint density at radius 2 is 2.00 bits per heavy atom. The number of anilines is 2. The Hall–Kier alpha value is -2.08. The van der Waals surface area contributed by atoms with E-state index < -0.39 is 10.0 Å². The zero-order valence-electron chi connectivity index (χ0n) is 12.4. The van der Waals surface area contributed by atoms with Crippen LogP contribution in [-0.2, 0) is 10.0 Å². The molecular formula is C15H19N3O2S. The Morgan fingerprint density at radius 1 is 1.24 bits per heavy atom. The van der Waals surface area contributed by atoms with Crippen molar-refractivity contribution in [2.24, 2.45) is 0 Å². The van der Waals surface area contributed by atoms with E-state index in [-0.39, 0.29) is 4.90 Å². The smallest absolute Gasteiger partial charge is 0.265 e. The number of hydrogen-bond donors (Lipinski definition) is 1. The quantitative estimate of drug-likeness (QED) is 0.922. The molecule has 0 fully saturated rings. The lowest BCUT2D eigenvalue weighted by atomic mass is 10.2. The van der Waals surface area contributed by atoms with Crippen LogP contribution in [0, 0.1) is 6.92 Å². The van der Waals surface area contributed by atoms with E-state index in [1.54, 1.807) is 25.2 Å². The van der Waals surface area contributed by atoms with Crippen molar-refractivity contribution in [1.82, 2.24) is 4.98 Å². The molecule has 0 spiro atoms. The highest BCUT2D eigenvalue weighted by Gasteiger charge is 2.21. The van der Waals surface area contributed by atoms with Crippen LogP contribution in [0.25, 0.3) is 0 Å². The van der Waals surface area contributed by atoms with Crippen molar-refractivity contribution in [2.75, 3.05) is 23.2 Å². The molecule has 0 bridgehead atoms. The van der Waals surface area contributed by atoms with Gasteiger partial charge in [0.1, 0.15) is 10.7 Å². The standard InChI is InChI=1S/C15H19N3O2S/c1-4-16-15-9-8-14(11-17-15)21(19,20)18(3)13-7-5-6-12(2)10-13/h5-11H,4H2,1-3H3,(H,16,17). The average molecular weight is 305 g/mol. The summed E-state index contributed by atoms with van der Waals surface area (Å²) >= 11 is 0. The molecular weight excluding hydrogens is 286 g/mol. The van der Waals surface area contributed by atoms with Crippen molar-refractivity contribution in [2.45, 2.75) is 18.7 Å². The van der Waals surface area contributed by atoms with Crippen LogP contribution < -0.4 is 9.62 Å². The van der Waals surface area contributed by atoms with E-state index >= 15 is 0 Å². The summed E-state index contributed by atoms with van der Waals surface area (Å²) in [6, 6.07) is 10.6. The first kappa shape index (κ1) is 15.3. The van der Waals surface area contributed by atoms with E-state index in [0.29, 0.717) is 11.5 Å². The largest absolute Gasteiger partial charge is 0.370 e. The highest BCUT2D eigenvalue weighted by molar-refractivity contribution is 7.92. The van der Waals surface area contributed by atoms with Gasteiger partial charge in [-0.15, -0.1) is 0 Å². The van der Waals surface area contributed by atoms with Crippen molar-refractivity contribution < 1.29 is 8.42 Å². The molecule has 0 atom stereocenters. The molecule has 2 rings (SSSR count). The third-order valence-corrected chi connectivity index (χ3v) is 4.89. The molecule has 0 aliphatic heterocycles. The Morgan fingerprint density at radius 3 is 2.57 bits per heavy atom. The zero-order valence-corrected chi connectivity index (χ0v) is 13.2. The topological polar surface area (TPSA) is 62.3 Å². The van der Waals surface area contributed by atoms with E-state index in [0.717, 1.165) is 12.1 Å². The Balaban J connectivity index is 2.32. The molecule has 5 nitrogen and oxygen atoms in total. The van der Waals surface area contributed by atoms with Gasteiger partial charge in [0.15, 0.2) is 0 Å². The van der Waals surface area contributed by atoms with Crippen LogP contribution in [0.2, 0.25) is 0 Å². The second-order valence-corrected chi connectivity index (χ2v) is 6.69. The molecule has 0 amide bonds. The van der Waals surface area contributed by atoms with Crippen molar-refractivity contribution >= 4 is 21.5 Å². The molecule has 0 radical (unpaired) electrons. The summed E-state index contributed by atoms with van der Waals surface area (Å²) in [6.45, 7) is 4.62. The van der Waals surface area contributed by atoms with Gasteiger partial charge >= 0.3 is 0 Å². The molecule has 0 saturated carbocycles. The molecule has 1 aromatic carbocycles. The molecule has 2 aromatic rings. The van der Waals surface area contributed by atoms with Crippen LogP contribution >= 0.6 is 0 Å². The molecule has 0 aliphatic carbocycles. The van der Waals surface area contributed by atoms with Gasteiger partial charge in [-0.3, -0.25) is 4.31 Å². The summed E-state index contributed by atoms with van der Waals surface area (Å²) in [5.41, 5.74) is 1.64. The number of nitrogens with zero attached hydrogens (tertiary/aromatic N) is 2. The molecule has 0 aliphatic rings. The monoisotopic (exact) mass is 305 g/mol. The second kappa shape index (κ2) is 6.13. The number of sulfonamides is 1. The number of aryl methyl sites for hydroxylation is 1. The number of nitrogens with one attached hydrogen (secondary N) is 1. The fourth-order valence-electron chi connectivity index (χ4n) is 1.94. The summed E-state index contributed by atoms with van der Waals surface area (Å²) in [5.74, 6) is 0.662. The lowest BCUT2D eigenvalue weighted by Crippen LogP contribution is -2.26. The molecule has 1 aromatic heterocycles. The van der Waals surface area contributed by atoms with Gasteiger partial charge in [-0.1, -0.05) is 12.1 Å². The summed E-state index contributed by atoms with van der Waals surface area (Å²) in [7, 11) is -2.05. The van der Waals surface area contributed by atoms with Gasteiger partial charge < -0.3 is 5.32 Å². The van der Waals surface area contributed by atoms with Gasteiger partial charge in [-0.2, -0.15) is 0 Å².